The molecule has 0 aromatic rings. The van der Waals surface area contributed by atoms with Gasteiger partial charge >= 0.3 is 0 Å². The summed E-state index contributed by atoms with van der Waals surface area (Å²) in [7, 11) is 0. The van der Waals surface area contributed by atoms with E-state index < -0.39 is 0 Å². The number of nitrogens with zero attached hydrogens (tertiary/aromatic N) is 2. The monoisotopic (exact) mass is 197 g/mol. The van der Waals surface area contributed by atoms with Gasteiger partial charge in [0, 0.05) is 19.6 Å². The van der Waals surface area contributed by atoms with Crippen LogP contribution in [0.1, 0.15) is 19.3 Å². The minimum atomic E-state index is -0.228. The summed E-state index contributed by atoms with van der Waals surface area (Å²) in [5.74, 6) is 0.143. The topological polar surface area (TPSA) is 49.6 Å². The maximum absolute atomic E-state index is 11.5. The molecule has 2 aliphatic rings. The van der Waals surface area contributed by atoms with E-state index in [1.807, 2.05) is 4.90 Å². The number of rotatable bonds is 3. The zero-order valence-electron chi connectivity index (χ0n) is 8.61. The third-order valence-corrected chi connectivity index (χ3v) is 3.22. The van der Waals surface area contributed by atoms with E-state index in [9.17, 15) is 4.79 Å². The van der Waals surface area contributed by atoms with Crippen LogP contribution in [-0.4, -0.2) is 54.5 Å². The van der Waals surface area contributed by atoms with Crippen LogP contribution in [-0.2, 0) is 4.79 Å². The normalized spacial score (nSPS) is 29.1. The molecule has 0 spiro atoms. The van der Waals surface area contributed by atoms with E-state index >= 15 is 0 Å². The van der Waals surface area contributed by atoms with Gasteiger partial charge in [-0.15, -0.1) is 0 Å². The standard InChI is InChI=1S/C10H19N3O/c11-9-3-6-13(10(9)14)8-7-12-4-1-2-5-12/h9H,1-8,11H2. The number of hydrogen-bond acceptors (Lipinski definition) is 3. The van der Waals surface area contributed by atoms with Gasteiger partial charge in [-0.1, -0.05) is 0 Å². The van der Waals surface area contributed by atoms with Gasteiger partial charge in [0.15, 0.2) is 0 Å². The van der Waals surface area contributed by atoms with Crippen molar-refractivity contribution in [3.8, 4) is 0 Å². The molecule has 0 aromatic heterocycles. The van der Waals surface area contributed by atoms with Crippen LogP contribution in [0.25, 0.3) is 0 Å². The molecule has 1 amide bonds. The van der Waals surface area contributed by atoms with Gasteiger partial charge in [-0.25, -0.2) is 0 Å². The first-order chi connectivity index (χ1) is 6.77. The zero-order chi connectivity index (χ0) is 9.97. The summed E-state index contributed by atoms with van der Waals surface area (Å²) in [6.45, 7) is 5.15. The van der Waals surface area contributed by atoms with Gasteiger partial charge in [0.25, 0.3) is 0 Å². The van der Waals surface area contributed by atoms with Gasteiger partial charge in [0.2, 0.25) is 5.91 Å². The Morgan fingerprint density at radius 2 is 1.93 bits per heavy atom. The number of amides is 1. The number of nitrogens with two attached hydrogens (primary N) is 1. The van der Waals surface area contributed by atoms with Crippen molar-refractivity contribution in [1.82, 2.24) is 9.80 Å². The predicted octanol–water partition coefficient (Wildman–Crippen LogP) is -0.358. The number of carbonyl (C=O) groups excluding carboxylic acids is 1. The summed E-state index contributed by atoms with van der Waals surface area (Å²) >= 11 is 0. The van der Waals surface area contributed by atoms with E-state index in [4.69, 9.17) is 5.73 Å². The van der Waals surface area contributed by atoms with E-state index in [0.717, 1.165) is 26.1 Å². The van der Waals surface area contributed by atoms with E-state index in [-0.39, 0.29) is 11.9 Å². The van der Waals surface area contributed by atoms with Crippen molar-refractivity contribution < 1.29 is 4.79 Å². The van der Waals surface area contributed by atoms with Crippen molar-refractivity contribution in [2.75, 3.05) is 32.7 Å². The molecule has 14 heavy (non-hydrogen) atoms. The van der Waals surface area contributed by atoms with Crippen LogP contribution in [0.5, 0.6) is 0 Å². The minimum Gasteiger partial charge on any atom is -0.340 e. The highest BCUT2D eigenvalue weighted by Crippen LogP contribution is 2.11. The highest BCUT2D eigenvalue weighted by atomic mass is 16.2. The Labute approximate surface area is 85.0 Å². The predicted molar refractivity (Wildman–Crippen MR) is 54.8 cm³/mol. The molecule has 1 atom stereocenters. The van der Waals surface area contributed by atoms with Crippen LogP contribution in [0, 0.1) is 0 Å². The lowest BCUT2D eigenvalue weighted by molar-refractivity contribution is -0.128. The average Bonchev–Trinajstić information content (AvgIpc) is 2.77. The Morgan fingerprint density at radius 1 is 1.21 bits per heavy atom. The molecule has 2 aliphatic heterocycles. The molecule has 0 saturated carbocycles. The van der Waals surface area contributed by atoms with Crippen LogP contribution in [0.3, 0.4) is 0 Å². The molecule has 0 radical (unpaired) electrons. The molecule has 2 N–H and O–H groups in total. The molecule has 80 valence electrons. The smallest absolute Gasteiger partial charge is 0.239 e. The minimum absolute atomic E-state index is 0.143. The summed E-state index contributed by atoms with van der Waals surface area (Å²) in [4.78, 5) is 15.8. The Hall–Kier alpha value is -0.610. The van der Waals surface area contributed by atoms with E-state index in [2.05, 4.69) is 4.90 Å². The van der Waals surface area contributed by atoms with Crippen LogP contribution in [0.15, 0.2) is 0 Å². The number of hydrogen-bond donors (Lipinski definition) is 1. The van der Waals surface area contributed by atoms with Gasteiger partial charge in [-0.3, -0.25) is 4.79 Å². The van der Waals surface area contributed by atoms with Crippen LogP contribution in [0.2, 0.25) is 0 Å². The Kier molecular flexibility index (Phi) is 3.03. The maximum atomic E-state index is 11.5. The highest BCUT2D eigenvalue weighted by molar-refractivity contribution is 5.83. The van der Waals surface area contributed by atoms with Crippen LogP contribution in [0.4, 0.5) is 0 Å². The fourth-order valence-electron chi connectivity index (χ4n) is 2.25. The Bertz CT molecular complexity index is 213. The van der Waals surface area contributed by atoms with E-state index in [1.165, 1.54) is 25.9 Å². The Morgan fingerprint density at radius 3 is 2.50 bits per heavy atom. The largest absolute Gasteiger partial charge is 0.340 e. The second-order valence-electron chi connectivity index (χ2n) is 4.27. The van der Waals surface area contributed by atoms with Gasteiger partial charge in [-0.2, -0.15) is 0 Å². The van der Waals surface area contributed by atoms with Gasteiger partial charge < -0.3 is 15.5 Å². The zero-order valence-corrected chi connectivity index (χ0v) is 8.61. The summed E-state index contributed by atoms with van der Waals surface area (Å²) in [5.41, 5.74) is 5.65. The molecular formula is C10H19N3O. The molecule has 4 nitrogen and oxygen atoms in total. The molecule has 4 heteroatoms. The van der Waals surface area contributed by atoms with Crippen molar-refractivity contribution in [3.63, 3.8) is 0 Å². The van der Waals surface area contributed by atoms with Gasteiger partial charge in [0.05, 0.1) is 6.04 Å². The van der Waals surface area contributed by atoms with Gasteiger partial charge in [-0.05, 0) is 32.4 Å². The summed E-state index contributed by atoms with van der Waals surface area (Å²) in [6.07, 6.45) is 3.46. The molecule has 2 saturated heterocycles. The molecule has 0 aliphatic carbocycles. The molecule has 2 fully saturated rings. The van der Waals surface area contributed by atoms with E-state index in [1.54, 1.807) is 0 Å². The molecular weight excluding hydrogens is 178 g/mol. The first-order valence-corrected chi connectivity index (χ1v) is 5.54. The summed E-state index contributed by atoms with van der Waals surface area (Å²) in [5, 5.41) is 0. The van der Waals surface area contributed by atoms with E-state index in [0.29, 0.717) is 0 Å². The first-order valence-electron chi connectivity index (χ1n) is 5.54. The average molecular weight is 197 g/mol. The SMILES string of the molecule is NC1CCN(CCN2CCCC2)C1=O. The molecule has 1 unspecified atom stereocenters. The molecule has 0 aromatic carbocycles. The molecule has 2 heterocycles. The fraction of sp³-hybridized carbons (Fsp3) is 0.900. The fourth-order valence-corrected chi connectivity index (χ4v) is 2.25. The summed E-state index contributed by atoms with van der Waals surface area (Å²) < 4.78 is 0. The lowest BCUT2D eigenvalue weighted by Gasteiger charge is -2.20. The molecule has 0 bridgehead atoms. The van der Waals surface area contributed by atoms with Crippen molar-refractivity contribution in [2.45, 2.75) is 25.3 Å². The molecule has 2 rings (SSSR count). The van der Waals surface area contributed by atoms with Crippen molar-refractivity contribution in [3.05, 3.63) is 0 Å². The Balaban J connectivity index is 1.72. The first kappa shape index (κ1) is 9.93. The number of likely N-dealkylation sites (tertiary alicyclic amines) is 2. The third kappa shape index (κ3) is 2.07. The van der Waals surface area contributed by atoms with Crippen molar-refractivity contribution in [1.29, 1.82) is 0 Å². The second-order valence-corrected chi connectivity index (χ2v) is 4.27. The van der Waals surface area contributed by atoms with Crippen LogP contribution >= 0.6 is 0 Å². The van der Waals surface area contributed by atoms with Crippen LogP contribution < -0.4 is 5.73 Å². The highest BCUT2D eigenvalue weighted by Gasteiger charge is 2.28. The van der Waals surface area contributed by atoms with Gasteiger partial charge in [0.1, 0.15) is 0 Å². The quantitative estimate of drug-likeness (QED) is 0.672. The maximum Gasteiger partial charge on any atom is 0.239 e. The van der Waals surface area contributed by atoms with Crippen molar-refractivity contribution >= 4 is 5.91 Å². The lowest BCUT2D eigenvalue weighted by Crippen LogP contribution is -2.38. The lowest BCUT2D eigenvalue weighted by atomic mass is 10.3. The second kappa shape index (κ2) is 4.28. The summed E-state index contributed by atoms with van der Waals surface area (Å²) in [6, 6.07) is -0.228. The third-order valence-electron chi connectivity index (χ3n) is 3.22. The number of carbonyl (C=O) groups is 1. The van der Waals surface area contributed by atoms with Crippen molar-refractivity contribution in [2.24, 2.45) is 5.73 Å².